The number of rotatable bonds is 9. The van der Waals surface area contributed by atoms with Gasteiger partial charge in [0.25, 0.3) is 0 Å². The molecule has 0 unspecified atom stereocenters. The number of benzene rings is 2. The standard InChI is InChI=1S/C27H25N5O4S/c1-31(2)11-6-12-32-15-20(26(34)35)25(33)19-10-9-18(13-23(19)32)28-27-29-22(16-37-27)24-14-21(30-36-24)17-7-4-3-5-8-17/h3-5,7-10,13-16H,6,11-12H2,1-2H3,(H,28,29)(H,34,35). The van der Waals surface area contributed by atoms with Gasteiger partial charge in [-0.05, 0) is 45.3 Å². The van der Waals surface area contributed by atoms with Gasteiger partial charge in [0.15, 0.2) is 10.9 Å². The largest absolute Gasteiger partial charge is 0.477 e. The molecule has 0 amide bonds. The summed E-state index contributed by atoms with van der Waals surface area (Å²) < 4.78 is 7.35. The van der Waals surface area contributed by atoms with Crippen molar-refractivity contribution in [2.45, 2.75) is 13.0 Å². The fraction of sp³-hybridized carbons (Fsp3) is 0.185. The Morgan fingerprint density at radius 3 is 2.70 bits per heavy atom. The van der Waals surface area contributed by atoms with Crippen LogP contribution in [0.15, 0.2) is 75.5 Å². The number of hydrogen-bond donors (Lipinski definition) is 2. The van der Waals surface area contributed by atoms with Gasteiger partial charge in [-0.1, -0.05) is 35.5 Å². The summed E-state index contributed by atoms with van der Waals surface area (Å²) in [4.78, 5) is 31.1. The monoisotopic (exact) mass is 515 g/mol. The van der Waals surface area contributed by atoms with Crippen LogP contribution < -0.4 is 10.7 Å². The second-order valence-corrected chi connectivity index (χ2v) is 9.72. The van der Waals surface area contributed by atoms with E-state index in [1.807, 2.05) is 66.5 Å². The minimum absolute atomic E-state index is 0.232. The van der Waals surface area contributed by atoms with Crippen LogP contribution in [0.3, 0.4) is 0 Å². The minimum Gasteiger partial charge on any atom is -0.477 e. The van der Waals surface area contributed by atoms with E-state index in [0.717, 1.165) is 29.9 Å². The molecule has 3 heterocycles. The highest BCUT2D eigenvalue weighted by Gasteiger charge is 2.16. The van der Waals surface area contributed by atoms with Crippen molar-refractivity contribution in [3.63, 3.8) is 0 Å². The zero-order chi connectivity index (χ0) is 25.9. The number of hydrogen-bond acceptors (Lipinski definition) is 8. The van der Waals surface area contributed by atoms with E-state index in [1.165, 1.54) is 17.5 Å². The Labute approximate surface area is 216 Å². The summed E-state index contributed by atoms with van der Waals surface area (Å²) >= 11 is 1.42. The molecular weight excluding hydrogens is 490 g/mol. The third-order valence-electron chi connectivity index (χ3n) is 5.90. The van der Waals surface area contributed by atoms with Crippen molar-refractivity contribution in [2.24, 2.45) is 0 Å². The van der Waals surface area contributed by atoms with E-state index in [9.17, 15) is 14.7 Å². The van der Waals surface area contributed by atoms with Crippen molar-refractivity contribution in [3.05, 3.63) is 82.0 Å². The number of anilines is 2. The molecule has 10 heteroatoms. The normalized spacial score (nSPS) is 11.3. The fourth-order valence-corrected chi connectivity index (χ4v) is 4.79. The molecule has 0 saturated heterocycles. The number of pyridine rings is 1. The SMILES string of the molecule is CN(C)CCCn1cc(C(=O)O)c(=O)c2ccc(Nc3nc(-c4cc(-c5ccccc5)no4)cs3)cc21. The molecule has 9 nitrogen and oxygen atoms in total. The van der Waals surface area contributed by atoms with Gasteiger partial charge in [0.1, 0.15) is 17.0 Å². The molecule has 2 N–H and O–H groups in total. The van der Waals surface area contributed by atoms with Gasteiger partial charge in [-0.15, -0.1) is 11.3 Å². The molecule has 0 aliphatic heterocycles. The van der Waals surface area contributed by atoms with Crippen LogP contribution in [0.2, 0.25) is 0 Å². The second-order valence-electron chi connectivity index (χ2n) is 8.86. The molecule has 3 aromatic heterocycles. The molecule has 0 aliphatic rings. The molecule has 0 saturated carbocycles. The topological polar surface area (TPSA) is 113 Å². The number of aromatic carboxylic acids is 1. The number of aromatic nitrogens is 3. The lowest BCUT2D eigenvalue weighted by atomic mass is 10.1. The Morgan fingerprint density at radius 1 is 1.14 bits per heavy atom. The minimum atomic E-state index is -1.23. The summed E-state index contributed by atoms with van der Waals surface area (Å²) in [5.74, 6) is -0.661. The molecule has 0 spiro atoms. The molecule has 5 aromatic rings. The number of carboxylic acid groups (broad SMARTS) is 1. The average molecular weight is 516 g/mol. The lowest BCUT2D eigenvalue weighted by Gasteiger charge is -2.15. The summed E-state index contributed by atoms with van der Waals surface area (Å²) in [6.45, 7) is 1.42. The predicted molar refractivity (Wildman–Crippen MR) is 145 cm³/mol. The zero-order valence-corrected chi connectivity index (χ0v) is 21.2. The van der Waals surface area contributed by atoms with E-state index < -0.39 is 11.4 Å². The highest BCUT2D eigenvalue weighted by molar-refractivity contribution is 7.14. The highest BCUT2D eigenvalue weighted by Crippen LogP contribution is 2.30. The second kappa shape index (κ2) is 10.4. The molecule has 37 heavy (non-hydrogen) atoms. The summed E-state index contributed by atoms with van der Waals surface area (Å²) in [6.07, 6.45) is 2.24. The molecule has 5 rings (SSSR count). The number of fused-ring (bicyclic) bond motifs is 1. The first-order valence-corrected chi connectivity index (χ1v) is 12.6. The Balaban J connectivity index is 1.42. The Morgan fingerprint density at radius 2 is 1.95 bits per heavy atom. The Hall–Kier alpha value is -4.28. The maximum atomic E-state index is 12.8. The first-order valence-electron chi connectivity index (χ1n) is 11.7. The van der Waals surface area contributed by atoms with Crippen molar-refractivity contribution >= 4 is 39.0 Å². The van der Waals surface area contributed by atoms with E-state index in [0.29, 0.717) is 34.0 Å². The average Bonchev–Trinajstić information content (AvgIpc) is 3.55. The van der Waals surface area contributed by atoms with Gasteiger partial charge in [0, 0.05) is 40.8 Å². The number of aryl methyl sites for hydroxylation is 1. The number of nitrogens with one attached hydrogen (secondary N) is 1. The van der Waals surface area contributed by atoms with Crippen LogP contribution in [-0.4, -0.2) is 51.3 Å². The van der Waals surface area contributed by atoms with Crippen molar-refractivity contribution in [3.8, 4) is 22.7 Å². The van der Waals surface area contributed by atoms with Crippen LogP contribution in [0.4, 0.5) is 10.8 Å². The molecular formula is C27H25N5O4S. The van der Waals surface area contributed by atoms with E-state index >= 15 is 0 Å². The van der Waals surface area contributed by atoms with Crippen molar-refractivity contribution in [2.75, 3.05) is 26.0 Å². The summed E-state index contributed by atoms with van der Waals surface area (Å²) in [5, 5.41) is 19.9. The molecule has 0 fully saturated rings. The van der Waals surface area contributed by atoms with Gasteiger partial charge < -0.3 is 24.4 Å². The maximum absolute atomic E-state index is 12.8. The molecule has 188 valence electrons. The zero-order valence-electron chi connectivity index (χ0n) is 20.3. The predicted octanol–water partition coefficient (Wildman–Crippen LogP) is 5.17. The van der Waals surface area contributed by atoms with Gasteiger partial charge in [0.2, 0.25) is 5.43 Å². The molecule has 0 bridgehead atoms. The van der Waals surface area contributed by atoms with Gasteiger partial charge >= 0.3 is 5.97 Å². The van der Waals surface area contributed by atoms with Crippen molar-refractivity contribution in [1.82, 2.24) is 19.6 Å². The number of nitrogens with zero attached hydrogens (tertiary/aromatic N) is 4. The van der Waals surface area contributed by atoms with Gasteiger partial charge in [-0.3, -0.25) is 4.79 Å². The van der Waals surface area contributed by atoms with Crippen LogP contribution in [0.5, 0.6) is 0 Å². The van der Waals surface area contributed by atoms with Crippen molar-refractivity contribution < 1.29 is 14.4 Å². The summed E-state index contributed by atoms with van der Waals surface area (Å²) in [7, 11) is 3.97. The van der Waals surface area contributed by atoms with E-state index in [4.69, 9.17) is 4.52 Å². The molecule has 2 aromatic carbocycles. The molecule has 0 radical (unpaired) electrons. The van der Waals surface area contributed by atoms with Crippen LogP contribution in [0.25, 0.3) is 33.6 Å². The number of carboxylic acids is 1. The lowest BCUT2D eigenvalue weighted by Crippen LogP contribution is -2.20. The fourth-order valence-electron chi connectivity index (χ4n) is 4.07. The molecule has 0 atom stereocenters. The third-order valence-corrected chi connectivity index (χ3v) is 6.66. The summed E-state index contributed by atoms with van der Waals surface area (Å²) in [5.41, 5.74) is 3.04. The quantitative estimate of drug-likeness (QED) is 0.276. The Kier molecular flexibility index (Phi) is 6.85. The third kappa shape index (κ3) is 5.30. The number of carbonyl (C=O) groups is 1. The Bertz CT molecular complexity index is 1620. The van der Waals surface area contributed by atoms with E-state index in [2.05, 4.69) is 20.4 Å². The van der Waals surface area contributed by atoms with Crippen LogP contribution in [-0.2, 0) is 6.54 Å². The maximum Gasteiger partial charge on any atom is 0.341 e. The number of thiazole rings is 1. The highest BCUT2D eigenvalue weighted by atomic mass is 32.1. The van der Waals surface area contributed by atoms with Crippen LogP contribution in [0.1, 0.15) is 16.8 Å². The van der Waals surface area contributed by atoms with Gasteiger partial charge in [-0.2, -0.15) is 0 Å². The lowest BCUT2D eigenvalue weighted by molar-refractivity contribution is 0.0694. The van der Waals surface area contributed by atoms with Crippen LogP contribution >= 0.6 is 11.3 Å². The van der Waals surface area contributed by atoms with Crippen LogP contribution in [0, 0.1) is 0 Å². The van der Waals surface area contributed by atoms with Crippen molar-refractivity contribution in [1.29, 1.82) is 0 Å². The smallest absolute Gasteiger partial charge is 0.341 e. The van der Waals surface area contributed by atoms with Gasteiger partial charge in [0.05, 0.1) is 5.52 Å². The van der Waals surface area contributed by atoms with Gasteiger partial charge in [-0.25, -0.2) is 9.78 Å². The van der Waals surface area contributed by atoms with E-state index in [-0.39, 0.29) is 5.56 Å². The first kappa shape index (κ1) is 24.4. The first-order chi connectivity index (χ1) is 17.9. The van der Waals surface area contributed by atoms with E-state index in [1.54, 1.807) is 12.1 Å². The summed E-state index contributed by atoms with van der Waals surface area (Å²) in [6, 6.07) is 16.9. The molecule has 0 aliphatic carbocycles.